The largest absolute Gasteiger partial charge is 2.00 e. The zero-order valence-electron chi connectivity index (χ0n) is 5.37. The van der Waals surface area contributed by atoms with Crippen LogP contribution in [-0.4, -0.2) is 30.2 Å². The van der Waals surface area contributed by atoms with E-state index in [4.69, 9.17) is 24.9 Å². The van der Waals surface area contributed by atoms with Gasteiger partial charge in [-0.25, -0.2) is 0 Å². The average Bonchev–Trinajstić information content (AvgIpc) is 1.89. The van der Waals surface area contributed by atoms with Crippen molar-refractivity contribution in [1.82, 2.24) is 0 Å². The number of nitrogens with two attached hydrogens (primary N) is 1. The molecule has 0 fully saturated rings. The van der Waals surface area contributed by atoms with Crippen molar-refractivity contribution in [3.05, 3.63) is 0 Å². The molecule has 0 atom stereocenters. The second-order valence-corrected chi connectivity index (χ2v) is 1.11. The molecule has 0 aromatic carbocycles. The van der Waals surface area contributed by atoms with Gasteiger partial charge in [0.2, 0.25) is 0 Å². The van der Waals surface area contributed by atoms with Gasteiger partial charge >= 0.3 is 17.1 Å². The summed E-state index contributed by atoms with van der Waals surface area (Å²) >= 11 is 0. The van der Waals surface area contributed by atoms with E-state index in [1.807, 2.05) is 0 Å². The zero-order chi connectivity index (χ0) is 8.57. The average molecular weight is 213 g/mol. The smallest absolute Gasteiger partial charge is 0.549 e. The number of hydrogen-bond donors (Lipinski definition) is 2. The summed E-state index contributed by atoms with van der Waals surface area (Å²) in [4.78, 5) is 18.1. The molecule has 3 N–H and O–H groups in total. The minimum Gasteiger partial charge on any atom is -0.549 e. The fraction of sp³-hybridized carbons (Fsp3) is 0.500. The van der Waals surface area contributed by atoms with Crippen molar-refractivity contribution in [3.8, 4) is 0 Å². The van der Waals surface area contributed by atoms with E-state index in [-0.39, 0.29) is 23.6 Å². The van der Waals surface area contributed by atoms with Crippen LogP contribution in [0.5, 0.6) is 0 Å². The van der Waals surface area contributed by atoms with Crippen LogP contribution in [0.4, 0.5) is 0 Å². The minimum atomic E-state index is -1.44. The van der Waals surface area contributed by atoms with E-state index in [1.54, 1.807) is 0 Å². The Morgan fingerprint density at radius 3 is 1.45 bits per heavy atom. The summed E-state index contributed by atoms with van der Waals surface area (Å²) in [7, 11) is 0. The van der Waals surface area contributed by atoms with Gasteiger partial charge in [-0.05, 0) is 0 Å². The van der Waals surface area contributed by atoms with Gasteiger partial charge < -0.3 is 30.6 Å². The summed E-state index contributed by atoms with van der Waals surface area (Å²) in [6.07, 6.45) is 0. The molecule has 0 aromatic heterocycles. The van der Waals surface area contributed by atoms with Crippen LogP contribution in [0.15, 0.2) is 0 Å². The van der Waals surface area contributed by atoms with Crippen LogP contribution in [0.3, 0.4) is 0 Å². The minimum absolute atomic E-state index is 0. The maximum Gasteiger partial charge on any atom is 2.00 e. The van der Waals surface area contributed by atoms with Crippen molar-refractivity contribution in [2.75, 3.05) is 13.2 Å². The van der Waals surface area contributed by atoms with E-state index in [9.17, 15) is 0 Å². The van der Waals surface area contributed by atoms with E-state index < -0.39 is 18.5 Å². The first-order chi connectivity index (χ1) is 4.54. The first-order valence-corrected chi connectivity index (χ1v) is 2.25. The molecule has 1 radical (unpaired) electrons. The van der Waals surface area contributed by atoms with E-state index >= 15 is 0 Å². The number of aliphatic carboxylic acids is 2. The molecule has 0 bridgehead atoms. The summed E-state index contributed by atoms with van der Waals surface area (Å²) in [5.74, 6) is -2.66. The van der Waals surface area contributed by atoms with Gasteiger partial charge in [0.15, 0.2) is 0 Å². The van der Waals surface area contributed by atoms with Crippen molar-refractivity contribution in [2.24, 2.45) is 5.73 Å². The first kappa shape index (κ1) is 16.8. The Labute approximate surface area is 73.5 Å². The van der Waals surface area contributed by atoms with Crippen LogP contribution in [0.1, 0.15) is 0 Å². The number of aliphatic hydroxyl groups is 1. The fourth-order valence-corrected chi connectivity index (χ4v) is 0. The van der Waals surface area contributed by atoms with E-state index in [2.05, 4.69) is 5.73 Å². The van der Waals surface area contributed by atoms with Gasteiger partial charge in [-0.1, -0.05) is 0 Å². The van der Waals surface area contributed by atoms with Gasteiger partial charge in [-0.3, -0.25) is 0 Å². The Hall–Kier alpha value is -0.621. The number of carboxylic acids is 2. The molecule has 0 spiro atoms. The zero-order valence-corrected chi connectivity index (χ0v) is 6.31. The SMILES string of the molecule is NCC(=O)[O-].O=C([O-])CO.[Cu+2]. The Bertz CT molecular complexity index is 103. The van der Waals surface area contributed by atoms with E-state index in [1.165, 1.54) is 0 Å². The molecule has 7 heteroatoms. The molecule has 0 aliphatic rings. The van der Waals surface area contributed by atoms with Crippen molar-refractivity contribution < 1.29 is 42.0 Å². The second-order valence-electron chi connectivity index (χ2n) is 1.11. The number of carbonyl (C=O) groups excluding carboxylic acids is 2. The summed E-state index contributed by atoms with van der Waals surface area (Å²) in [5.41, 5.74) is 4.51. The third-order valence-corrected chi connectivity index (χ3v) is 0.296. The maximum absolute atomic E-state index is 9.13. The molecule has 6 nitrogen and oxygen atoms in total. The summed E-state index contributed by atoms with van der Waals surface area (Å²) in [5, 5.41) is 25.6. The number of carbonyl (C=O) groups is 2. The van der Waals surface area contributed by atoms with Crippen LogP contribution >= 0.6 is 0 Å². The molecule has 69 valence electrons. The van der Waals surface area contributed by atoms with Crippen molar-refractivity contribution >= 4 is 11.9 Å². The Morgan fingerprint density at radius 1 is 1.27 bits per heavy atom. The molecule has 0 saturated carbocycles. The molecule has 0 unspecified atom stereocenters. The first-order valence-electron chi connectivity index (χ1n) is 2.25. The normalized spacial score (nSPS) is 6.73. The van der Waals surface area contributed by atoms with Crippen LogP contribution < -0.4 is 15.9 Å². The quantitative estimate of drug-likeness (QED) is 0.444. The molecule has 0 aliphatic heterocycles. The predicted octanol–water partition coefficient (Wildman–Crippen LogP) is -4.58. The van der Waals surface area contributed by atoms with Gasteiger partial charge in [0, 0.05) is 6.54 Å². The van der Waals surface area contributed by atoms with E-state index in [0.29, 0.717) is 0 Å². The predicted molar refractivity (Wildman–Crippen MR) is 26.2 cm³/mol. The summed E-state index contributed by atoms with van der Waals surface area (Å²) in [6, 6.07) is 0. The molecule has 0 rings (SSSR count). The number of aliphatic hydroxyl groups excluding tert-OH is 1. The van der Waals surface area contributed by atoms with Crippen LogP contribution in [-0.2, 0) is 26.7 Å². The maximum atomic E-state index is 9.13. The Kier molecular flexibility index (Phi) is 18.4. The van der Waals surface area contributed by atoms with Crippen LogP contribution in [0.2, 0.25) is 0 Å². The monoisotopic (exact) mass is 212 g/mol. The molecule has 0 aliphatic carbocycles. The molecule has 0 saturated heterocycles. The van der Waals surface area contributed by atoms with Gasteiger partial charge in [0.25, 0.3) is 0 Å². The summed E-state index contributed by atoms with van der Waals surface area (Å²) in [6.45, 7) is -1.28. The molecule has 0 heterocycles. The molecular weight excluding hydrogens is 206 g/mol. The van der Waals surface area contributed by atoms with Gasteiger partial charge in [0.05, 0.1) is 18.5 Å². The summed E-state index contributed by atoms with van der Waals surface area (Å²) < 4.78 is 0. The molecule has 0 amide bonds. The topological polar surface area (TPSA) is 127 Å². The molecule has 0 aromatic rings. The molecule has 11 heavy (non-hydrogen) atoms. The Balaban J connectivity index is -0.000000107. The standard InChI is InChI=1S/C2H5NO2.C2H4O3.Cu/c2*3-1-2(4)5;/h1,3H2,(H,4,5);3H,1H2,(H,4,5);/q;;+2/p-2. The van der Waals surface area contributed by atoms with Crippen LogP contribution in [0, 0.1) is 0 Å². The number of carboxylic acid groups (broad SMARTS) is 2. The van der Waals surface area contributed by atoms with Gasteiger partial charge in [0.1, 0.15) is 0 Å². The van der Waals surface area contributed by atoms with Crippen molar-refractivity contribution in [2.45, 2.75) is 0 Å². The number of hydrogen-bond acceptors (Lipinski definition) is 6. The van der Waals surface area contributed by atoms with Gasteiger partial charge in [-0.15, -0.1) is 0 Å². The van der Waals surface area contributed by atoms with Crippen LogP contribution in [0.25, 0.3) is 0 Å². The molecular formula is C4H7CuNO5. The third-order valence-electron chi connectivity index (χ3n) is 0.296. The van der Waals surface area contributed by atoms with Crippen molar-refractivity contribution in [3.63, 3.8) is 0 Å². The van der Waals surface area contributed by atoms with Crippen molar-refractivity contribution in [1.29, 1.82) is 0 Å². The Morgan fingerprint density at radius 2 is 1.45 bits per heavy atom. The third kappa shape index (κ3) is 44.7. The second kappa shape index (κ2) is 12.1. The van der Waals surface area contributed by atoms with E-state index in [0.717, 1.165) is 0 Å². The number of rotatable bonds is 2. The van der Waals surface area contributed by atoms with Gasteiger partial charge in [-0.2, -0.15) is 0 Å². The fourth-order valence-electron chi connectivity index (χ4n) is 0.